The van der Waals surface area contributed by atoms with Crippen LogP contribution in [0.1, 0.15) is 49.8 Å². The Morgan fingerprint density at radius 2 is 1.88 bits per heavy atom. The standard InChI is InChI=1S/C16H23N/c1-12-3-5-14(6-4-12)13(2)17-11-16(9-10-16)15-7-8-15/h3-6,13,15,17H,7-11H2,1-2H3. The van der Waals surface area contributed by atoms with Gasteiger partial charge in [0.1, 0.15) is 0 Å². The highest BCUT2D eigenvalue weighted by Crippen LogP contribution is 2.60. The second kappa shape index (κ2) is 4.13. The third-order valence-corrected chi connectivity index (χ3v) is 4.67. The first kappa shape index (κ1) is 11.3. The Hall–Kier alpha value is -0.820. The average molecular weight is 229 g/mol. The Kier molecular flexibility index (Phi) is 2.74. The lowest BCUT2D eigenvalue weighted by Crippen LogP contribution is -2.27. The maximum Gasteiger partial charge on any atom is 0.0292 e. The Bertz CT molecular complexity index is 384. The number of aryl methyl sites for hydroxylation is 1. The summed E-state index contributed by atoms with van der Waals surface area (Å²) in [4.78, 5) is 0. The van der Waals surface area contributed by atoms with Crippen LogP contribution in [0, 0.1) is 18.3 Å². The molecule has 0 heterocycles. The van der Waals surface area contributed by atoms with Gasteiger partial charge in [-0.25, -0.2) is 0 Å². The molecule has 2 fully saturated rings. The molecule has 0 aliphatic heterocycles. The molecule has 2 aliphatic rings. The summed E-state index contributed by atoms with van der Waals surface area (Å²) in [5.41, 5.74) is 3.47. The summed E-state index contributed by atoms with van der Waals surface area (Å²) in [7, 11) is 0. The summed E-state index contributed by atoms with van der Waals surface area (Å²) < 4.78 is 0. The van der Waals surface area contributed by atoms with Gasteiger partial charge in [0.15, 0.2) is 0 Å². The fourth-order valence-electron chi connectivity index (χ4n) is 2.91. The molecule has 0 saturated heterocycles. The van der Waals surface area contributed by atoms with Crippen LogP contribution in [-0.2, 0) is 0 Å². The van der Waals surface area contributed by atoms with Crippen molar-refractivity contribution < 1.29 is 0 Å². The Morgan fingerprint density at radius 1 is 1.24 bits per heavy atom. The minimum Gasteiger partial charge on any atom is -0.310 e. The summed E-state index contributed by atoms with van der Waals surface area (Å²) >= 11 is 0. The smallest absolute Gasteiger partial charge is 0.0292 e. The van der Waals surface area contributed by atoms with E-state index in [1.165, 1.54) is 43.4 Å². The quantitative estimate of drug-likeness (QED) is 0.809. The van der Waals surface area contributed by atoms with E-state index < -0.39 is 0 Å². The third-order valence-electron chi connectivity index (χ3n) is 4.67. The molecular weight excluding hydrogens is 206 g/mol. The van der Waals surface area contributed by atoms with Crippen molar-refractivity contribution in [1.29, 1.82) is 0 Å². The van der Waals surface area contributed by atoms with E-state index in [1.807, 2.05) is 0 Å². The summed E-state index contributed by atoms with van der Waals surface area (Å²) in [6.45, 7) is 5.66. The van der Waals surface area contributed by atoms with E-state index in [0.717, 1.165) is 5.92 Å². The first-order chi connectivity index (χ1) is 8.20. The topological polar surface area (TPSA) is 12.0 Å². The highest BCUT2D eigenvalue weighted by molar-refractivity contribution is 5.23. The summed E-state index contributed by atoms with van der Waals surface area (Å²) in [5.74, 6) is 1.06. The van der Waals surface area contributed by atoms with Gasteiger partial charge >= 0.3 is 0 Å². The van der Waals surface area contributed by atoms with E-state index in [9.17, 15) is 0 Å². The zero-order chi connectivity index (χ0) is 11.9. The van der Waals surface area contributed by atoms with Crippen LogP contribution in [0.3, 0.4) is 0 Å². The van der Waals surface area contributed by atoms with Gasteiger partial charge < -0.3 is 5.32 Å². The second-order valence-corrected chi connectivity index (χ2v) is 6.15. The number of nitrogens with one attached hydrogen (secondary N) is 1. The van der Waals surface area contributed by atoms with Gasteiger partial charge in [-0.15, -0.1) is 0 Å². The Labute approximate surface area is 105 Å². The van der Waals surface area contributed by atoms with Crippen LogP contribution in [-0.4, -0.2) is 6.54 Å². The van der Waals surface area contributed by atoms with Crippen molar-refractivity contribution >= 4 is 0 Å². The van der Waals surface area contributed by atoms with Gasteiger partial charge in [-0.2, -0.15) is 0 Å². The van der Waals surface area contributed by atoms with E-state index >= 15 is 0 Å². The molecule has 0 aromatic heterocycles. The monoisotopic (exact) mass is 229 g/mol. The molecule has 2 aliphatic carbocycles. The van der Waals surface area contributed by atoms with Crippen molar-refractivity contribution in [1.82, 2.24) is 5.32 Å². The van der Waals surface area contributed by atoms with Crippen molar-refractivity contribution in [3.63, 3.8) is 0 Å². The van der Waals surface area contributed by atoms with E-state index in [-0.39, 0.29) is 0 Å². The summed E-state index contributed by atoms with van der Waals surface area (Å²) in [6.07, 6.45) is 5.90. The van der Waals surface area contributed by atoms with Crippen LogP contribution < -0.4 is 5.32 Å². The van der Waals surface area contributed by atoms with Gasteiger partial charge in [0.25, 0.3) is 0 Å². The predicted molar refractivity (Wildman–Crippen MR) is 72.0 cm³/mol. The largest absolute Gasteiger partial charge is 0.310 e. The molecule has 1 aromatic carbocycles. The summed E-state index contributed by atoms with van der Waals surface area (Å²) in [5, 5.41) is 3.74. The fourth-order valence-corrected chi connectivity index (χ4v) is 2.91. The van der Waals surface area contributed by atoms with Gasteiger partial charge in [0.2, 0.25) is 0 Å². The maximum absolute atomic E-state index is 3.74. The molecule has 1 aromatic rings. The number of rotatable bonds is 5. The van der Waals surface area contributed by atoms with Crippen LogP contribution in [0.25, 0.3) is 0 Å². The second-order valence-electron chi connectivity index (χ2n) is 6.15. The fraction of sp³-hybridized carbons (Fsp3) is 0.625. The first-order valence-electron chi connectivity index (χ1n) is 7.00. The predicted octanol–water partition coefficient (Wildman–Crippen LogP) is 3.84. The van der Waals surface area contributed by atoms with E-state index in [0.29, 0.717) is 11.5 Å². The van der Waals surface area contributed by atoms with E-state index in [2.05, 4.69) is 43.4 Å². The molecule has 1 heteroatoms. The summed E-state index contributed by atoms with van der Waals surface area (Å²) in [6, 6.07) is 9.42. The van der Waals surface area contributed by atoms with Gasteiger partial charge in [-0.3, -0.25) is 0 Å². The number of hydrogen-bond acceptors (Lipinski definition) is 1. The SMILES string of the molecule is Cc1ccc(C(C)NCC2(C3CC3)CC2)cc1. The molecule has 1 unspecified atom stereocenters. The van der Waals surface area contributed by atoms with Crippen molar-refractivity contribution in [3.05, 3.63) is 35.4 Å². The molecule has 0 bridgehead atoms. The van der Waals surface area contributed by atoms with Crippen LogP contribution in [0.2, 0.25) is 0 Å². The van der Waals surface area contributed by atoms with Crippen molar-refractivity contribution in [2.75, 3.05) is 6.54 Å². The van der Waals surface area contributed by atoms with Gasteiger partial charge in [0.05, 0.1) is 0 Å². The molecule has 2 saturated carbocycles. The van der Waals surface area contributed by atoms with E-state index in [4.69, 9.17) is 0 Å². The zero-order valence-electron chi connectivity index (χ0n) is 11.0. The molecule has 1 nitrogen and oxygen atoms in total. The molecular formula is C16H23N. The maximum atomic E-state index is 3.74. The lowest BCUT2D eigenvalue weighted by molar-refractivity contribution is 0.382. The Balaban J connectivity index is 1.56. The molecule has 17 heavy (non-hydrogen) atoms. The Morgan fingerprint density at radius 3 is 2.41 bits per heavy atom. The molecule has 0 spiro atoms. The highest BCUT2D eigenvalue weighted by Gasteiger charge is 2.53. The third kappa shape index (κ3) is 2.40. The molecule has 1 atom stereocenters. The molecule has 1 N–H and O–H groups in total. The normalized spacial score (nSPS) is 23.4. The van der Waals surface area contributed by atoms with Crippen LogP contribution in [0.4, 0.5) is 0 Å². The van der Waals surface area contributed by atoms with Crippen LogP contribution in [0.15, 0.2) is 24.3 Å². The number of hydrogen-bond donors (Lipinski definition) is 1. The average Bonchev–Trinajstić information content (AvgIpc) is 3.17. The highest BCUT2D eigenvalue weighted by atomic mass is 14.9. The minimum absolute atomic E-state index is 0.492. The van der Waals surface area contributed by atoms with Crippen molar-refractivity contribution in [2.45, 2.75) is 45.6 Å². The van der Waals surface area contributed by atoms with E-state index in [1.54, 1.807) is 0 Å². The minimum atomic E-state index is 0.492. The van der Waals surface area contributed by atoms with Crippen LogP contribution >= 0.6 is 0 Å². The lowest BCUT2D eigenvalue weighted by atomic mass is 9.99. The van der Waals surface area contributed by atoms with Gasteiger partial charge in [-0.1, -0.05) is 29.8 Å². The molecule has 92 valence electrons. The van der Waals surface area contributed by atoms with Crippen molar-refractivity contribution in [3.8, 4) is 0 Å². The lowest BCUT2D eigenvalue weighted by Gasteiger charge is -2.20. The molecule has 0 radical (unpaired) electrons. The van der Waals surface area contributed by atoms with Gasteiger partial charge in [0, 0.05) is 12.6 Å². The van der Waals surface area contributed by atoms with Crippen LogP contribution in [0.5, 0.6) is 0 Å². The van der Waals surface area contributed by atoms with Crippen molar-refractivity contribution in [2.24, 2.45) is 11.3 Å². The number of benzene rings is 1. The first-order valence-corrected chi connectivity index (χ1v) is 7.00. The molecule has 3 rings (SSSR count). The van der Waals surface area contributed by atoms with Gasteiger partial charge in [-0.05, 0) is 56.4 Å². The molecule has 0 amide bonds. The zero-order valence-corrected chi connectivity index (χ0v) is 11.0.